The number of hydrogen-bond donors (Lipinski definition) is 0. The summed E-state index contributed by atoms with van der Waals surface area (Å²) in [7, 11) is 0. The van der Waals surface area contributed by atoms with Gasteiger partial charge in [0.1, 0.15) is 0 Å². The van der Waals surface area contributed by atoms with E-state index in [0.717, 1.165) is 28.2 Å². The number of benzene rings is 5. The van der Waals surface area contributed by atoms with Crippen LogP contribution in [0.1, 0.15) is 0 Å². The summed E-state index contributed by atoms with van der Waals surface area (Å²) in [4.78, 5) is 8.91. The van der Waals surface area contributed by atoms with Crippen LogP contribution in [0.5, 0.6) is 0 Å². The first-order valence-electron chi connectivity index (χ1n) is 13.4. The largest absolute Gasteiger partial charge is 0.309 e. The van der Waals surface area contributed by atoms with Gasteiger partial charge in [0.05, 0.1) is 33.4 Å². The van der Waals surface area contributed by atoms with Gasteiger partial charge >= 0.3 is 0 Å². The van der Waals surface area contributed by atoms with Crippen LogP contribution in [-0.4, -0.2) is 14.5 Å². The molecule has 5 aromatic carbocycles. The maximum atomic E-state index is 4.46. The highest BCUT2D eigenvalue weighted by atomic mass is 32.1. The highest BCUT2D eigenvalue weighted by Crippen LogP contribution is 2.37. The van der Waals surface area contributed by atoms with Gasteiger partial charge in [-0.2, -0.15) is 0 Å². The average molecular weight is 562 g/mol. The summed E-state index contributed by atoms with van der Waals surface area (Å²) in [5.41, 5.74) is 16.4. The summed E-state index contributed by atoms with van der Waals surface area (Å²) < 4.78 is 2.39. The average Bonchev–Trinajstić information content (AvgIpc) is 3.82. The number of fused-ring (bicyclic) bond motifs is 3. The van der Waals surface area contributed by atoms with E-state index in [1.807, 2.05) is 11.0 Å². The summed E-state index contributed by atoms with van der Waals surface area (Å²) >= 11 is 3.24. The van der Waals surface area contributed by atoms with E-state index < -0.39 is 0 Å². The molecule has 3 heterocycles. The zero-order chi connectivity index (χ0) is 27.2. The van der Waals surface area contributed by atoms with Gasteiger partial charge in [-0.1, -0.05) is 91.0 Å². The number of aromatic nitrogens is 3. The van der Waals surface area contributed by atoms with Gasteiger partial charge in [-0.3, -0.25) is 0 Å². The molecule has 3 aromatic heterocycles. The first-order chi connectivity index (χ1) is 20.3. The summed E-state index contributed by atoms with van der Waals surface area (Å²) in [5.74, 6) is 0. The third kappa shape index (κ3) is 4.27. The zero-order valence-electron chi connectivity index (χ0n) is 21.9. The van der Waals surface area contributed by atoms with Crippen LogP contribution < -0.4 is 0 Å². The molecular weight excluding hydrogens is 539 g/mol. The lowest BCUT2D eigenvalue weighted by Crippen LogP contribution is -1.93. The highest BCUT2D eigenvalue weighted by molar-refractivity contribution is 7.08. The van der Waals surface area contributed by atoms with E-state index in [1.165, 1.54) is 44.1 Å². The first-order valence-corrected chi connectivity index (χ1v) is 15.3. The molecule has 8 aromatic rings. The fraction of sp³-hybridized carbons (Fsp3) is 0. The molecule has 0 saturated carbocycles. The molecule has 5 heteroatoms. The smallest absolute Gasteiger partial charge is 0.0811 e. The zero-order valence-corrected chi connectivity index (χ0v) is 23.6. The van der Waals surface area contributed by atoms with Gasteiger partial charge in [0, 0.05) is 38.3 Å². The lowest BCUT2D eigenvalue weighted by atomic mass is 10.00. The van der Waals surface area contributed by atoms with Gasteiger partial charge in [0.25, 0.3) is 0 Å². The van der Waals surface area contributed by atoms with Crippen molar-refractivity contribution in [2.75, 3.05) is 0 Å². The molecular formula is C36H23N3S2. The Labute approximate surface area is 245 Å². The maximum absolute atomic E-state index is 4.46. The standard InChI is InChI=1S/C36H23N3S2/c1-2-4-30(5-3-1)39-35-18-28(24-6-10-26(11-7-24)33-20-40-22-37-33)14-16-31(35)32-17-15-29(19-36(32)39)25-8-12-27(13-9-25)34-21-41-23-38-34/h1-23H. The van der Waals surface area contributed by atoms with E-state index >= 15 is 0 Å². The van der Waals surface area contributed by atoms with Crippen molar-refractivity contribution in [1.29, 1.82) is 0 Å². The van der Waals surface area contributed by atoms with Crippen LogP contribution in [-0.2, 0) is 0 Å². The predicted octanol–water partition coefficient (Wildman–Crippen LogP) is 10.4. The van der Waals surface area contributed by atoms with Gasteiger partial charge in [0.15, 0.2) is 0 Å². The molecule has 0 N–H and O–H groups in total. The minimum absolute atomic E-state index is 1.02. The van der Waals surface area contributed by atoms with Crippen molar-refractivity contribution >= 4 is 44.5 Å². The molecule has 0 fully saturated rings. The van der Waals surface area contributed by atoms with Crippen molar-refractivity contribution in [2.24, 2.45) is 0 Å². The molecule has 194 valence electrons. The second kappa shape index (κ2) is 9.97. The first kappa shape index (κ1) is 24.0. The summed E-state index contributed by atoms with van der Waals surface area (Å²) in [5, 5.41) is 6.67. The Hall–Kier alpha value is -4.84. The Morgan fingerprint density at radius 2 is 0.878 bits per heavy atom. The van der Waals surface area contributed by atoms with Crippen molar-refractivity contribution in [2.45, 2.75) is 0 Å². The Bertz CT molecular complexity index is 1970. The van der Waals surface area contributed by atoms with Crippen LogP contribution in [0.4, 0.5) is 0 Å². The Kier molecular flexibility index (Phi) is 5.83. The van der Waals surface area contributed by atoms with Gasteiger partial charge < -0.3 is 4.57 Å². The number of thiazole rings is 2. The summed E-state index contributed by atoms with van der Waals surface area (Å²) in [6.07, 6.45) is 0. The normalized spacial score (nSPS) is 11.4. The van der Waals surface area contributed by atoms with Crippen molar-refractivity contribution in [3.8, 4) is 50.5 Å². The van der Waals surface area contributed by atoms with Crippen molar-refractivity contribution in [1.82, 2.24) is 14.5 Å². The number of para-hydroxylation sites is 1. The molecule has 0 amide bonds. The number of nitrogens with zero attached hydrogens (tertiary/aromatic N) is 3. The Morgan fingerprint density at radius 3 is 1.32 bits per heavy atom. The SMILES string of the molecule is c1ccc(-n2c3cc(-c4ccc(-c5cscn5)cc4)ccc3c3ccc(-c4ccc(-c5cscn5)cc4)cc32)cc1. The quantitative estimate of drug-likeness (QED) is 0.209. The van der Waals surface area contributed by atoms with Crippen LogP contribution in [0.25, 0.3) is 72.3 Å². The van der Waals surface area contributed by atoms with E-state index in [1.54, 1.807) is 22.7 Å². The molecule has 0 bridgehead atoms. The van der Waals surface area contributed by atoms with Gasteiger partial charge in [-0.25, -0.2) is 9.97 Å². The summed E-state index contributed by atoms with van der Waals surface area (Å²) in [6, 6.07) is 41.7. The monoisotopic (exact) mass is 561 g/mol. The van der Waals surface area contributed by atoms with E-state index in [-0.39, 0.29) is 0 Å². The van der Waals surface area contributed by atoms with E-state index in [4.69, 9.17) is 0 Å². The van der Waals surface area contributed by atoms with E-state index in [9.17, 15) is 0 Å². The minimum atomic E-state index is 1.02. The molecule has 41 heavy (non-hydrogen) atoms. The third-order valence-corrected chi connectivity index (χ3v) is 8.85. The molecule has 0 aliphatic rings. The van der Waals surface area contributed by atoms with Gasteiger partial charge in [-0.05, 0) is 46.5 Å². The molecule has 0 unspecified atom stereocenters. The van der Waals surface area contributed by atoms with Crippen molar-refractivity contribution in [3.63, 3.8) is 0 Å². The van der Waals surface area contributed by atoms with Gasteiger partial charge in [0.2, 0.25) is 0 Å². The fourth-order valence-electron chi connectivity index (χ4n) is 5.61. The fourth-order valence-corrected chi connectivity index (χ4v) is 6.73. The van der Waals surface area contributed by atoms with Crippen LogP contribution >= 0.6 is 22.7 Å². The minimum Gasteiger partial charge on any atom is -0.309 e. The maximum Gasteiger partial charge on any atom is 0.0811 e. The molecule has 0 radical (unpaired) electrons. The topological polar surface area (TPSA) is 30.7 Å². The van der Waals surface area contributed by atoms with Crippen molar-refractivity contribution in [3.05, 3.63) is 137 Å². The molecule has 3 nitrogen and oxygen atoms in total. The molecule has 0 aliphatic heterocycles. The number of hydrogen-bond acceptors (Lipinski definition) is 4. The highest BCUT2D eigenvalue weighted by Gasteiger charge is 2.15. The molecule has 0 atom stereocenters. The van der Waals surface area contributed by atoms with Crippen molar-refractivity contribution < 1.29 is 0 Å². The lowest BCUT2D eigenvalue weighted by molar-refractivity contribution is 1.18. The second-order valence-corrected chi connectivity index (χ2v) is 11.5. The lowest BCUT2D eigenvalue weighted by Gasteiger charge is -2.10. The Morgan fingerprint density at radius 1 is 0.439 bits per heavy atom. The number of rotatable bonds is 5. The predicted molar refractivity (Wildman–Crippen MR) is 174 cm³/mol. The van der Waals surface area contributed by atoms with Crippen LogP contribution in [0, 0.1) is 0 Å². The molecule has 0 aliphatic carbocycles. The van der Waals surface area contributed by atoms with Crippen LogP contribution in [0.3, 0.4) is 0 Å². The van der Waals surface area contributed by atoms with E-state index in [2.05, 4.69) is 141 Å². The summed E-state index contributed by atoms with van der Waals surface area (Å²) in [6.45, 7) is 0. The second-order valence-electron chi connectivity index (χ2n) is 10.0. The molecule has 0 spiro atoms. The third-order valence-electron chi connectivity index (χ3n) is 7.67. The molecule has 0 saturated heterocycles. The van der Waals surface area contributed by atoms with E-state index in [0.29, 0.717) is 0 Å². The molecule has 8 rings (SSSR count). The van der Waals surface area contributed by atoms with Crippen LogP contribution in [0.15, 0.2) is 137 Å². The van der Waals surface area contributed by atoms with Gasteiger partial charge in [-0.15, -0.1) is 22.7 Å². The Balaban J connectivity index is 1.27. The van der Waals surface area contributed by atoms with Crippen LogP contribution in [0.2, 0.25) is 0 Å².